The molecule has 110 valence electrons. The lowest BCUT2D eigenvalue weighted by molar-refractivity contribution is 0.240. The second kappa shape index (κ2) is 6.53. The van der Waals surface area contributed by atoms with Gasteiger partial charge in [0.2, 0.25) is 0 Å². The molecule has 2 atom stereocenters. The maximum atomic E-state index is 3.92. The van der Waals surface area contributed by atoms with Crippen molar-refractivity contribution in [1.82, 2.24) is 5.32 Å². The molecule has 2 heteroatoms. The van der Waals surface area contributed by atoms with Crippen LogP contribution in [-0.2, 0) is 0 Å². The molecule has 0 radical (unpaired) electrons. The monoisotopic (exact) mass is 289 g/mol. The molecule has 0 spiro atoms. The molecule has 0 aliphatic heterocycles. The average molecular weight is 289 g/mol. The molecule has 0 amide bonds. The summed E-state index contributed by atoms with van der Waals surface area (Å²) in [5, 5.41) is 4.82. The molecule has 20 heavy (non-hydrogen) atoms. The minimum atomic E-state index is 0.770. The van der Waals surface area contributed by atoms with Gasteiger partial charge in [-0.15, -0.1) is 0 Å². The van der Waals surface area contributed by atoms with Crippen molar-refractivity contribution in [3.8, 4) is 0 Å². The van der Waals surface area contributed by atoms with Crippen LogP contribution in [0.25, 0.3) is 0 Å². The Morgan fingerprint density at radius 3 is 2.70 bits per heavy atom. The lowest BCUT2D eigenvalue weighted by Gasteiger charge is -2.40. The fourth-order valence-electron chi connectivity index (χ4n) is 3.79. The largest absolute Gasteiger partial charge is 0.311 e. The standard InChI is InChI=1S/C18H27NS/c1-13-5-3-6-14(9-13)15-10-17(11-15)19-16-7-4-8-18(12-16)20-2/h3,5-6,9,15-19H,4,7-8,10-12H2,1-2H3. The van der Waals surface area contributed by atoms with Gasteiger partial charge in [-0.05, 0) is 56.8 Å². The Balaban J connectivity index is 1.46. The predicted octanol–water partition coefficient (Wildman–Crippen LogP) is 4.50. The van der Waals surface area contributed by atoms with Gasteiger partial charge in [-0.3, -0.25) is 0 Å². The molecule has 0 aromatic heterocycles. The van der Waals surface area contributed by atoms with E-state index < -0.39 is 0 Å². The van der Waals surface area contributed by atoms with Gasteiger partial charge in [0, 0.05) is 17.3 Å². The SMILES string of the molecule is CSC1CCCC(NC2CC(c3cccc(C)c3)C2)C1. The van der Waals surface area contributed by atoms with E-state index >= 15 is 0 Å². The van der Waals surface area contributed by atoms with Gasteiger partial charge in [0.15, 0.2) is 0 Å². The molecule has 1 aromatic rings. The van der Waals surface area contributed by atoms with Gasteiger partial charge in [0.05, 0.1) is 0 Å². The normalized spacial score (nSPS) is 33.7. The zero-order valence-electron chi connectivity index (χ0n) is 12.8. The van der Waals surface area contributed by atoms with Crippen molar-refractivity contribution in [2.45, 2.75) is 68.7 Å². The number of aryl methyl sites for hydroxylation is 1. The van der Waals surface area contributed by atoms with E-state index in [4.69, 9.17) is 0 Å². The van der Waals surface area contributed by atoms with E-state index in [0.29, 0.717) is 0 Å². The number of hydrogen-bond donors (Lipinski definition) is 1. The van der Waals surface area contributed by atoms with Crippen molar-refractivity contribution in [3.63, 3.8) is 0 Å². The van der Waals surface area contributed by atoms with E-state index in [9.17, 15) is 0 Å². The van der Waals surface area contributed by atoms with Crippen LogP contribution < -0.4 is 5.32 Å². The maximum absolute atomic E-state index is 3.92. The second-order valence-corrected chi connectivity index (χ2v) is 7.81. The van der Waals surface area contributed by atoms with Crippen LogP contribution >= 0.6 is 11.8 Å². The summed E-state index contributed by atoms with van der Waals surface area (Å²) in [6, 6.07) is 10.6. The van der Waals surface area contributed by atoms with Crippen molar-refractivity contribution in [3.05, 3.63) is 35.4 Å². The van der Waals surface area contributed by atoms with Crippen molar-refractivity contribution < 1.29 is 0 Å². The van der Waals surface area contributed by atoms with Crippen LogP contribution in [0, 0.1) is 6.92 Å². The number of benzene rings is 1. The Labute approximate surface area is 127 Å². The van der Waals surface area contributed by atoms with E-state index in [2.05, 4.69) is 54.5 Å². The molecule has 1 N–H and O–H groups in total. The van der Waals surface area contributed by atoms with Crippen LogP contribution in [0.1, 0.15) is 55.6 Å². The molecule has 2 saturated carbocycles. The topological polar surface area (TPSA) is 12.0 Å². The molecular weight excluding hydrogens is 262 g/mol. The summed E-state index contributed by atoms with van der Waals surface area (Å²) in [6.07, 6.45) is 10.6. The van der Waals surface area contributed by atoms with Gasteiger partial charge >= 0.3 is 0 Å². The molecule has 0 heterocycles. The summed E-state index contributed by atoms with van der Waals surface area (Å²) in [6.45, 7) is 2.20. The highest BCUT2D eigenvalue weighted by Crippen LogP contribution is 2.38. The van der Waals surface area contributed by atoms with Crippen molar-refractivity contribution >= 4 is 11.8 Å². The molecule has 2 aliphatic carbocycles. The molecule has 0 bridgehead atoms. The lowest BCUT2D eigenvalue weighted by atomic mass is 9.75. The van der Waals surface area contributed by atoms with Gasteiger partial charge in [0.25, 0.3) is 0 Å². The number of rotatable bonds is 4. The molecule has 1 aromatic carbocycles. The first kappa shape index (κ1) is 14.5. The van der Waals surface area contributed by atoms with Gasteiger partial charge in [-0.25, -0.2) is 0 Å². The highest BCUT2D eigenvalue weighted by Gasteiger charge is 2.32. The summed E-state index contributed by atoms with van der Waals surface area (Å²) in [4.78, 5) is 0. The summed E-state index contributed by atoms with van der Waals surface area (Å²) in [5.41, 5.74) is 2.95. The summed E-state index contributed by atoms with van der Waals surface area (Å²) < 4.78 is 0. The van der Waals surface area contributed by atoms with Crippen LogP contribution in [0.3, 0.4) is 0 Å². The number of thioether (sulfide) groups is 1. The third-order valence-corrected chi connectivity index (χ3v) is 6.18. The van der Waals surface area contributed by atoms with Gasteiger partial charge in [-0.1, -0.05) is 36.2 Å². The minimum absolute atomic E-state index is 0.770. The smallest absolute Gasteiger partial charge is 0.00813 e. The molecule has 2 fully saturated rings. The van der Waals surface area contributed by atoms with Gasteiger partial charge < -0.3 is 5.32 Å². The van der Waals surface area contributed by atoms with E-state index in [0.717, 1.165) is 23.3 Å². The zero-order valence-corrected chi connectivity index (χ0v) is 13.6. The number of hydrogen-bond acceptors (Lipinski definition) is 2. The maximum Gasteiger partial charge on any atom is 0.00813 e. The van der Waals surface area contributed by atoms with Crippen molar-refractivity contribution in [1.29, 1.82) is 0 Å². The fraction of sp³-hybridized carbons (Fsp3) is 0.667. The highest BCUT2D eigenvalue weighted by molar-refractivity contribution is 7.99. The van der Waals surface area contributed by atoms with Gasteiger partial charge in [-0.2, -0.15) is 11.8 Å². The zero-order chi connectivity index (χ0) is 13.9. The predicted molar refractivity (Wildman–Crippen MR) is 89.6 cm³/mol. The first-order chi connectivity index (χ1) is 9.74. The van der Waals surface area contributed by atoms with Crippen LogP contribution in [0.15, 0.2) is 24.3 Å². The number of nitrogens with one attached hydrogen (secondary N) is 1. The summed E-state index contributed by atoms with van der Waals surface area (Å²) >= 11 is 2.06. The molecular formula is C18H27NS. The summed E-state index contributed by atoms with van der Waals surface area (Å²) in [5.74, 6) is 0.798. The Morgan fingerprint density at radius 2 is 1.95 bits per heavy atom. The molecule has 2 unspecified atom stereocenters. The molecule has 1 nitrogen and oxygen atoms in total. The average Bonchev–Trinajstić information content (AvgIpc) is 2.42. The Hall–Kier alpha value is -0.470. The quantitative estimate of drug-likeness (QED) is 0.875. The van der Waals surface area contributed by atoms with Gasteiger partial charge in [0.1, 0.15) is 0 Å². The second-order valence-electron chi connectivity index (χ2n) is 6.67. The Kier molecular flexibility index (Phi) is 4.72. The lowest BCUT2D eigenvalue weighted by Crippen LogP contribution is -2.47. The van der Waals surface area contributed by atoms with E-state index in [1.165, 1.54) is 44.1 Å². The molecule has 0 saturated heterocycles. The van der Waals surface area contributed by atoms with E-state index in [1.54, 1.807) is 5.56 Å². The minimum Gasteiger partial charge on any atom is -0.311 e. The van der Waals surface area contributed by atoms with Crippen LogP contribution in [0.2, 0.25) is 0 Å². The third kappa shape index (κ3) is 3.40. The van der Waals surface area contributed by atoms with Crippen LogP contribution in [0.5, 0.6) is 0 Å². The molecule has 2 aliphatic rings. The fourth-order valence-corrected chi connectivity index (χ4v) is 4.62. The summed E-state index contributed by atoms with van der Waals surface area (Å²) in [7, 11) is 0. The Bertz CT molecular complexity index is 439. The van der Waals surface area contributed by atoms with Crippen LogP contribution in [0.4, 0.5) is 0 Å². The first-order valence-electron chi connectivity index (χ1n) is 8.10. The molecule has 3 rings (SSSR count). The van der Waals surface area contributed by atoms with E-state index in [1.807, 2.05) is 0 Å². The Morgan fingerprint density at radius 1 is 1.10 bits per heavy atom. The van der Waals surface area contributed by atoms with Crippen LogP contribution in [-0.4, -0.2) is 23.6 Å². The third-order valence-electron chi connectivity index (χ3n) is 5.08. The highest BCUT2D eigenvalue weighted by atomic mass is 32.2. The van der Waals surface area contributed by atoms with E-state index in [-0.39, 0.29) is 0 Å². The first-order valence-corrected chi connectivity index (χ1v) is 9.39. The van der Waals surface area contributed by atoms with Crippen molar-refractivity contribution in [2.75, 3.05) is 6.26 Å². The van der Waals surface area contributed by atoms with Crippen molar-refractivity contribution in [2.24, 2.45) is 0 Å².